The maximum Gasteiger partial charge on any atom is 0.306 e. The van der Waals surface area contributed by atoms with Gasteiger partial charge in [0.2, 0.25) is 0 Å². The van der Waals surface area contributed by atoms with Crippen molar-refractivity contribution in [3.05, 3.63) is 109 Å². The largest absolute Gasteiger partial charge is 0.462 e. The second kappa shape index (κ2) is 64.6. The van der Waals surface area contributed by atoms with E-state index in [1.165, 1.54) is 128 Å². The van der Waals surface area contributed by atoms with Gasteiger partial charge < -0.3 is 14.2 Å². The quantitative estimate of drug-likeness (QED) is 0.0261. The van der Waals surface area contributed by atoms with Crippen LogP contribution in [0.15, 0.2) is 109 Å². The molecule has 77 heavy (non-hydrogen) atoms. The topological polar surface area (TPSA) is 78.9 Å². The lowest BCUT2D eigenvalue weighted by Crippen LogP contribution is -2.30. The fourth-order valence-corrected chi connectivity index (χ4v) is 8.89. The first-order valence-electron chi connectivity index (χ1n) is 32.4. The lowest BCUT2D eigenvalue weighted by Gasteiger charge is -2.18. The van der Waals surface area contributed by atoms with Crippen molar-refractivity contribution in [1.82, 2.24) is 0 Å². The number of allylic oxidation sites excluding steroid dienone is 18. The van der Waals surface area contributed by atoms with Crippen LogP contribution in [0.25, 0.3) is 0 Å². The third kappa shape index (κ3) is 62.8. The average Bonchev–Trinajstić information content (AvgIpc) is 3.43. The van der Waals surface area contributed by atoms with Gasteiger partial charge in [-0.05, 0) is 122 Å². The summed E-state index contributed by atoms with van der Waals surface area (Å²) < 4.78 is 16.9. The van der Waals surface area contributed by atoms with Crippen LogP contribution in [-0.2, 0) is 28.6 Å². The highest BCUT2D eigenvalue weighted by atomic mass is 16.6. The second-order valence-electron chi connectivity index (χ2n) is 21.3. The molecule has 0 aromatic heterocycles. The van der Waals surface area contributed by atoms with Gasteiger partial charge in [0.1, 0.15) is 13.2 Å². The molecule has 0 amide bonds. The number of carbonyl (C=O) groups excluding carboxylic acids is 3. The zero-order valence-electron chi connectivity index (χ0n) is 50.4. The summed E-state index contributed by atoms with van der Waals surface area (Å²) >= 11 is 0. The first kappa shape index (κ1) is 73.1. The first-order chi connectivity index (χ1) is 38.0. The van der Waals surface area contributed by atoms with Crippen LogP contribution in [0.4, 0.5) is 0 Å². The molecule has 0 fully saturated rings. The highest BCUT2D eigenvalue weighted by Crippen LogP contribution is 2.16. The molecule has 0 rings (SSSR count). The number of ether oxygens (including phenoxy) is 3. The van der Waals surface area contributed by atoms with Crippen molar-refractivity contribution in [2.45, 2.75) is 309 Å². The summed E-state index contributed by atoms with van der Waals surface area (Å²) in [6.07, 6.45) is 88.1. The Bertz CT molecular complexity index is 1560. The molecule has 0 heterocycles. The van der Waals surface area contributed by atoms with Crippen LogP contribution in [0.1, 0.15) is 303 Å². The lowest BCUT2D eigenvalue weighted by molar-refractivity contribution is -0.167. The normalized spacial score (nSPS) is 12.8. The monoisotopic (exact) mass is 1070 g/mol. The number of unbranched alkanes of at least 4 members (excludes halogenated alkanes) is 29. The van der Waals surface area contributed by atoms with Crippen LogP contribution in [0, 0.1) is 0 Å². The van der Waals surface area contributed by atoms with Crippen LogP contribution in [0.5, 0.6) is 0 Å². The van der Waals surface area contributed by atoms with Gasteiger partial charge in [-0.3, -0.25) is 14.4 Å². The van der Waals surface area contributed by atoms with E-state index in [-0.39, 0.29) is 31.1 Å². The molecule has 0 N–H and O–H groups in total. The minimum absolute atomic E-state index is 0.0879. The molecule has 440 valence electrons. The Labute approximate surface area is 476 Å². The summed E-state index contributed by atoms with van der Waals surface area (Å²) in [4.78, 5) is 38.3. The van der Waals surface area contributed by atoms with E-state index in [2.05, 4.69) is 130 Å². The third-order valence-electron chi connectivity index (χ3n) is 13.7. The Balaban J connectivity index is 4.34. The molecule has 1 unspecified atom stereocenters. The molecule has 0 aliphatic carbocycles. The molecular formula is C71H120O6. The summed E-state index contributed by atoms with van der Waals surface area (Å²) in [5.74, 6) is -0.904. The maximum absolute atomic E-state index is 12.9. The van der Waals surface area contributed by atoms with Crippen molar-refractivity contribution in [3.63, 3.8) is 0 Å². The van der Waals surface area contributed by atoms with Crippen molar-refractivity contribution in [2.75, 3.05) is 13.2 Å². The number of hydrogen-bond acceptors (Lipinski definition) is 6. The van der Waals surface area contributed by atoms with E-state index in [0.29, 0.717) is 19.3 Å². The van der Waals surface area contributed by atoms with Gasteiger partial charge in [0.15, 0.2) is 6.10 Å². The zero-order chi connectivity index (χ0) is 55.7. The number of carbonyl (C=O) groups is 3. The SMILES string of the molecule is CC/C=C\C/C=C\C/C=C\C/C=C\C/C=C\C/C=C\CCCCCCCCCCC(=O)OCC(COC(=O)CCCCCCC/C=C\C/C=C\CCC)OC(=O)CCCCCCCCCCC/C=C\CCCCCCCC. The Morgan fingerprint density at radius 3 is 0.857 bits per heavy atom. The average molecular weight is 1070 g/mol. The summed E-state index contributed by atoms with van der Waals surface area (Å²) in [6, 6.07) is 0. The summed E-state index contributed by atoms with van der Waals surface area (Å²) in [5.41, 5.74) is 0. The molecule has 1 atom stereocenters. The van der Waals surface area contributed by atoms with Gasteiger partial charge in [0.05, 0.1) is 0 Å². The van der Waals surface area contributed by atoms with Gasteiger partial charge >= 0.3 is 17.9 Å². The van der Waals surface area contributed by atoms with Crippen LogP contribution >= 0.6 is 0 Å². The van der Waals surface area contributed by atoms with E-state index in [1.54, 1.807) is 0 Å². The Kier molecular flexibility index (Phi) is 61.3. The molecule has 0 saturated heterocycles. The predicted molar refractivity (Wildman–Crippen MR) is 334 cm³/mol. The molecule has 6 nitrogen and oxygen atoms in total. The van der Waals surface area contributed by atoms with Crippen molar-refractivity contribution >= 4 is 17.9 Å². The highest BCUT2D eigenvalue weighted by Gasteiger charge is 2.19. The van der Waals surface area contributed by atoms with Gasteiger partial charge in [0, 0.05) is 19.3 Å². The molecule has 0 saturated carbocycles. The molecule has 0 aromatic rings. The van der Waals surface area contributed by atoms with Crippen molar-refractivity contribution < 1.29 is 28.6 Å². The molecule has 0 aromatic carbocycles. The second-order valence-corrected chi connectivity index (χ2v) is 21.3. The molecule has 6 heteroatoms. The maximum atomic E-state index is 12.9. The molecule has 0 aliphatic rings. The Morgan fingerprint density at radius 1 is 0.273 bits per heavy atom. The Morgan fingerprint density at radius 2 is 0.532 bits per heavy atom. The standard InChI is InChI=1S/C71H120O6/c1-4-7-10-13-16-19-22-25-27-29-31-32-33-34-35-36-37-38-40-41-43-46-49-52-55-58-61-64-70(73)76-67-68(66-75-69(72)63-60-57-54-51-48-45-24-21-18-15-12-9-6-3)77-71(74)65-62-59-56-53-50-47-44-42-39-30-28-26-23-20-17-14-11-8-5-2/h7,10,12,15-16,19,21,24-28,31-32,34-35,37-38,68H,4-6,8-9,11,13-14,17-18,20,22-23,29-30,33,36,39-67H2,1-3H3/b10-7-,15-12-,19-16-,24-21-,27-25-,28-26-,32-31-,35-34-,38-37-. The molecule has 0 spiro atoms. The van der Waals surface area contributed by atoms with Crippen LogP contribution in [0.2, 0.25) is 0 Å². The first-order valence-corrected chi connectivity index (χ1v) is 32.4. The lowest BCUT2D eigenvalue weighted by atomic mass is 10.1. The fraction of sp³-hybridized carbons (Fsp3) is 0.704. The Hall–Kier alpha value is -3.93. The summed E-state index contributed by atoms with van der Waals surface area (Å²) in [7, 11) is 0. The van der Waals surface area contributed by atoms with E-state index in [4.69, 9.17) is 14.2 Å². The van der Waals surface area contributed by atoms with Crippen molar-refractivity contribution in [3.8, 4) is 0 Å². The van der Waals surface area contributed by atoms with Gasteiger partial charge in [-0.2, -0.15) is 0 Å². The van der Waals surface area contributed by atoms with Crippen molar-refractivity contribution in [1.29, 1.82) is 0 Å². The smallest absolute Gasteiger partial charge is 0.306 e. The molecule has 0 aliphatic heterocycles. The van der Waals surface area contributed by atoms with E-state index < -0.39 is 6.10 Å². The van der Waals surface area contributed by atoms with Gasteiger partial charge in [0.25, 0.3) is 0 Å². The molecular weight excluding hydrogens is 949 g/mol. The van der Waals surface area contributed by atoms with E-state index in [0.717, 1.165) is 135 Å². The van der Waals surface area contributed by atoms with Crippen LogP contribution < -0.4 is 0 Å². The van der Waals surface area contributed by atoms with Gasteiger partial charge in [-0.1, -0.05) is 271 Å². The number of esters is 3. The van der Waals surface area contributed by atoms with E-state index in [1.807, 2.05) is 0 Å². The minimum Gasteiger partial charge on any atom is -0.462 e. The minimum atomic E-state index is -0.791. The van der Waals surface area contributed by atoms with Crippen LogP contribution in [-0.4, -0.2) is 37.2 Å². The van der Waals surface area contributed by atoms with Crippen molar-refractivity contribution in [2.24, 2.45) is 0 Å². The summed E-state index contributed by atoms with van der Waals surface area (Å²) in [5, 5.41) is 0. The predicted octanol–water partition coefficient (Wildman–Crippen LogP) is 22.2. The number of hydrogen-bond donors (Lipinski definition) is 0. The highest BCUT2D eigenvalue weighted by molar-refractivity contribution is 5.71. The zero-order valence-corrected chi connectivity index (χ0v) is 50.4. The van der Waals surface area contributed by atoms with E-state index >= 15 is 0 Å². The molecule has 0 radical (unpaired) electrons. The van der Waals surface area contributed by atoms with Gasteiger partial charge in [-0.15, -0.1) is 0 Å². The summed E-state index contributed by atoms with van der Waals surface area (Å²) in [6.45, 7) is 6.46. The van der Waals surface area contributed by atoms with Gasteiger partial charge in [-0.25, -0.2) is 0 Å². The van der Waals surface area contributed by atoms with E-state index in [9.17, 15) is 14.4 Å². The van der Waals surface area contributed by atoms with Crippen LogP contribution in [0.3, 0.4) is 0 Å². The fourth-order valence-electron chi connectivity index (χ4n) is 8.89. The molecule has 0 bridgehead atoms. The number of rotatable bonds is 58. The third-order valence-corrected chi connectivity index (χ3v) is 13.7.